The van der Waals surface area contributed by atoms with E-state index in [1.165, 1.54) is 0 Å². The first kappa shape index (κ1) is 18.4. The van der Waals surface area contributed by atoms with E-state index in [-0.39, 0.29) is 24.3 Å². The normalized spacial score (nSPS) is 19.1. The average molecular weight is 381 g/mol. The van der Waals surface area contributed by atoms with Crippen LogP contribution in [0.25, 0.3) is 0 Å². The van der Waals surface area contributed by atoms with Gasteiger partial charge in [-0.3, -0.25) is 9.48 Å². The summed E-state index contributed by atoms with van der Waals surface area (Å²) in [5.41, 5.74) is 1.83. The summed E-state index contributed by atoms with van der Waals surface area (Å²) in [6.45, 7) is 3.14. The quantitative estimate of drug-likeness (QED) is 0.652. The van der Waals surface area contributed by atoms with E-state index >= 15 is 0 Å². The standard InChI is InChI=1S/C20H23N5O3/c1-3-25(14-7-5-4-6-8-14)18(26)13-17-22-20(28-23-17)15-10-12-27-19(15)16-9-11-21-24(16)2/h4-9,11,15,19H,3,10,12-13H2,1-2H3/t15-,19-/m1/s1. The summed E-state index contributed by atoms with van der Waals surface area (Å²) in [5, 5.41) is 8.25. The smallest absolute Gasteiger partial charge is 0.234 e. The number of carbonyl (C=O) groups is 1. The third-order valence-electron chi connectivity index (χ3n) is 5.04. The van der Waals surface area contributed by atoms with Crippen LogP contribution >= 0.6 is 0 Å². The fourth-order valence-electron chi connectivity index (χ4n) is 3.63. The number of amides is 1. The number of anilines is 1. The average Bonchev–Trinajstić information content (AvgIpc) is 3.43. The number of para-hydroxylation sites is 1. The van der Waals surface area contributed by atoms with Crippen molar-refractivity contribution in [3.63, 3.8) is 0 Å². The van der Waals surface area contributed by atoms with Gasteiger partial charge < -0.3 is 14.2 Å². The maximum Gasteiger partial charge on any atom is 0.234 e. The Morgan fingerprint density at radius 3 is 2.82 bits per heavy atom. The molecule has 0 radical (unpaired) electrons. The molecule has 0 N–H and O–H groups in total. The van der Waals surface area contributed by atoms with E-state index in [0.717, 1.165) is 17.8 Å². The molecule has 0 bridgehead atoms. The predicted molar refractivity (Wildman–Crippen MR) is 102 cm³/mol. The van der Waals surface area contributed by atoms with Gasteiger partial charge in [-0.25, -0.2) is 0 Å². The van der Waals surface area contributed by atoms with Crippen LogP contribution in [0.4, 0.5) is 5.69 Å². The van der Waals surface area contributed by atoms with E-state index in [1.807, 2.05) is 50.4 Å². The second kappa shape index (κ2) is 7.93. The minimum absolute atomic E-state index is 0.0387. The molecule has 1 saturated heterocycles. The number of rotatable bonds is 6. The molecule has 0 aliphatic carbocycles. The molecule has 1 aliphatic heterocycles. The maximum absolute atomic E-state index is 12.7. The van der Waals surface area contributed by atoms with Gasteiger partial charge in [0, 0.05) is 32.1 Å². The van der Waals surface area contributed by atoms with E-state index in [9.17, 15) is 4.79 Å². The van der Waals surface area contributed by atoms with Gasteiger partial charge in [0.15, 0.2) is 5.82 Å². The van der Waals surface area contributed by atoms with Crippen LogP contribution in [0.5, 0.6) is 0 Å². The molecule has 2 atom stereocenters. The summed E-state index contributed by atoms with van der Waals surface area (Å²) in [4.78, 5) is 19.0. The van der Waals surface area contributed by atoms with E-state index in [4.69, 9.17) is 9.26 Å². The zero-order chi connectivity index (χ0) is 19.5. The summed E-state index contributed by atoms with van der Waals surface area (Å²) in [6.07, 6.45) is 2.45. The lowest BCUT2D eigenvalue weighted by atomic mass is 9.99. The van der Waals surface area contributed by atoms with Crippen molar-refractivity contribution in [3.8, 4) is 0 Å². The van der Waals surface area contributed by atoms with Crippen molar-refractivity contribution in [1.29, 1.82) is 0 Å². The highest BCUT2D eigenvalue weighted by atomic mass is 16.5. The van der Waals surface area contributed by atoms with Gasteiger partial charge in [0.05, 0.1) is 18.0 Å². The first-order chi connectivity index (χ1) is 13.7. The summed E-state index contributed by atoms with van der Waals surface area (Å²) in [6, 6.07) is 11.5. The molecule has 3 heterocycles. The highest BCUT2D eigenvalue weighted by Crippen LogP contribution is 2.40. The molecule has 4 rings (SSSR count). The van der Waals surface area contributed by atoms with Crippen LogP contribution in [-0.4, -0.2) is 39.0 Å². The molecule has 0 unspecified atom stereocenters. The van der Waals surface area contributed by atoms with Crippen molar-refractivity contribution in [1.82, 2.24) is 19.9 Å². The summed E-state index contributed by atoms with van der Waals surface area (Å²) >= 11 is 0. The molecule has 146 valence electrons. The summed E-state index contributed by atoms with van der Waals surface area (Å²) in [5.74, 6) is 0.800. The molecule has 8 nitrogen and oxygen atoms in total. The SMILES string of the molecule is CCN(C(=O)Cc1noc([C@@H]2CCO[C@H]2c2ccnn2C)n1)c1ccccc1. The number of likely N-dealkylation sites (N-methyl/N-ethyl adjacent to an activating group) is 1. The van der Waals surface area contributed by atoms with Gasteiger partial charge in [-0.05, 0) is 31.5 Å². The van der Waals surface area contributed by atoms with Gasteiger partial charge >= 0.3 is 0 Å². The Morgan fingerprint density at radius 1 is 1.29 bits per heavy atom. The molecular weight excluding hydrogens is 358 g/mol. The van der Waals surface area contributed by atoms with Crippen molar-refractivity contribution in [3.05, 3.63) is 60.0 Å². The number of aromatic nitrogens is 4. The molecule has 28 heavy (non-hydrogen) atoms. The van der Waals surface area contributed by atoms with Crippen molar-refractivity contribution >= 4 is 11.6 Å². The Hall–Kier alpha value is -3.00. The largest absolute Gasteiger partial charge is 0.371 e. The molecule has 1 aliphatic rings. The number of hydrogen-bond acceptors (Lipinski definition) is 6. The maximum atomic E-state index is 12.7. The first-order valence-corrected chi connectivity index (χ1v) is 9.44. The van der Waals surface area contributed by atoms with E-state index < -0.39 is 0 Å². The Morgan fingerprint density at radius 2 is 2.11 bits per heavy atom. The highest BCUT2D eigenvalue weighted by Gasteiger charge is 2.37. The van der Waals surface area contributed by atoms with Crippen molar-refractivity contribution in [2.75, 3.05) is 18.1 Å². The third kappa shape index (κ3) is 3.55. The Kier molecular flexibility index (Phi) is 5.21. The monoisotopic (exact) mass is 381 g/mol. The van der Waals surface area contributed by atoms with E-state index in [1.54, 1.807) is 15.8 Å². The van der Waals surface area contributed by atoms with Crippen molar-refractivity contribution in [2.24, 2.45) is 7.05 Å². The summed E-state index contributed by atoms with van der Waals surface area (Å²) in [7, 11) is 1.88. The fraction of sp³-hybridized carbons (Fsp3) is 0.400. The molecule has 0 saturated carbocycles. The van der Waals surface area contributed by atoms with Crippen LogP contribution in [0, 0.1) is 0 Å². The molecular formula is C20H23N5O3. The molecule has 0 spiro atoms. The molecule has 8 heteroatoms. The Balaban J connectivity index is 1.48. The van der Waals surface area contributed by atoms with Gasteiger partial charge in [0.1, 0.15) is 6.10 Å². The highest BCUT2D eigenvalue weighted by molar-refractivity contribution is 5.94. The number of hydrogen-bond donors (Lipinski definition) is 0. The number of benzene rings is 1. The van der Waals surface area contributed by atoms with Gasteiger partial charge in [-0.2, -0.15) is 10.1 Å². The lowest BCUT2D eigenvalue weighted by Crippen LogP contribution is -2.32. The first-order valence-electron chi connectivity index (χ1n) is 9.44. The Bertz CT molecular complexity index is 936. The topological polar surface area (TPSA) is 86.3 Å². The minimum atomic E-state index is -0.173. The van der Waals surface area contributed by atoms with Crippen molar-refractivity contribution in [2.45, 2.75) is 31.8 Å². The molecule has 1 aromatic carbocycles. The predicted octanol–water partition coefficient (Wildman–Crippen LogP) is 2.64. The zero-order valence-electron chi connectivity index (χ0n) is 16.0. The molecule has 1 fully saturated rings. The minimum Gasteiger partial charge on any atom is -0.371 e. The second-order valence-electron chi connectivity index (χ2n) is 6.77. The van der Waals surface area contributed by atoms with Gasteiger partial charge in [0.25, 0.3) is 0 Å². The lowest BCUT2D eigenvalue weighted by Gasteiger charge is -2.20. The fourth-order valence-corrected chi connectivity index (χ4v) is 3.63. The van der Waals surface area contributed by atoms with E-state index in [2.05, 4.69) is 15.2 Å². The van der Waals surface area contributed by atoms with Gasteiger partial charge in [-0.1, -0.05) is 23.4 Å². The van der Waals surface area contributed by atoms with Crippen LogP contribution in [-0.2, 0) is 23.0 Å². The zero-order valence-corrected chi connectivity index (χ0v) is 16.0. The van der Waals surface area contributed by atoms with Crippen molar-refractivity contribution < 1.29 is 14.1 Å². The lowest BCUT2D eigenvalue weighted by molar-refractivity contribution is -0.118. The van der Waals surface area contributed by atoms with Crippen LogP contribution < -0.4 is 4.90 Å². The second-order valence-corrected chi connectivity index (χ2v) is 6.77. The van der Waals surface area contributed by atoms with E-state index in [0.29, 0.717) is 24.9 Å². The third-order valence-corrected chi connectivity index (χ3v) is 5.04. The number of ether oxygens (including phenoxy) is 1. The van der Waals surface area contributed by atoms with Gasteiger partial charge in [0.2, 0.25) is 11.8 Å². The van der Waals surface area contributed by atoms with Crippen LogP contribution in [0.3, 0.4) is 0 Å². The van der Waals surface area contributed by atoms with Crippen LogP contribution in [0.2, 0.25) is 0 Å². The molecule has 3 aromatic rings. The van der Waals surface area contributed by atoms with Gasteiger partial charge in [-0.15, -0.1) is 0 Å². The number of nitrogens with zero attached hydrogens (tertiary/aromatic N) is 5. The number of carbonyl (C=O) groups excluding carboxylic acids is 1. The van der Waals surface area contributed by atoms with Crippen LogP contribution in [0.1, 0.15) is 42.8 Å². The Labute approximate surface area is 163 Å². The number of aryl methyl sites for hydroxylation is 1. The summed E-state index contributed by atoms with van der Waals surface area (Å²) < 4.78 is 13.2. The van der Waals surface area contributed by atoms with Crippen LogP contribution in [0.15, 0.2) is 47.1 Å². The molecule has 1 amide bonds. The molecule has 2 aromatic heterocycles.